The Morgan fingerprint density at radius 1 is 1.29 bits per heavy atom. The molecule has 1 aromatic carbocycles. The average molecular weight is 289 g/mol. The minimum Gasteiger partial charge on any atom is -0.393 e. The van der Waals surface area contributed by atoms with Crippen molar-refractivity contribution >= 4 is 17.7 Å². The highest BCUT2D eigenvalue weighted by Crippen LogP contribution is 2.23. The largest absolute Gasteiger partial charge is 0.393 e. The van der Waals surface area contributed by atoms with Gasteiger partial charge >= 0.3 is 0 Å². The predicted octanol–water partition coefficient (Wildman–Crippen LogP) is 4.06. The third-order valence-corrected chi connectivity index (χ3v) is 3.23. The summed E-state index contributed by atoms with van der Waals surface area (Å²) in [6.45, 7) is 13.1. The number of rotatable bonds is 6. The van der Waals surface area contributed by atoms with Crippen LogP contribution in [0.15, 0.2) is 22.3 Å². The van der Waals surface area contributed by atoms with E-state index in [0.29, 0.717) is 0 Å². The second-order valence-corrected chi connectivity index (χ2v) is 5.60. The maximum absolute atomic E-state index is 5.33. The Labute approximate surface area is 128 Å². The Balaban J connectivity index is 3.04. The molecule has 0 aliphatic carbocycles. The van der Waals surface area contributed by atoms with Gasteiger partial charge in [0.25, 0.3) is 0 Å². The van der Waals surface area contributed by atoms with Gasteiger partial charge in [-0.25, -0.2) is 4.99 Å². The van der Waals surface area contributed by atoms with E-state index in [1.54, 1.807) is 0 Å². The average Bonchev–Trinajstić information content (AvgIpc) is 2.44. The van der Waals surface area contributed by atoms with E-state index in [9.17, 15) is 0 Å². The molecule has 0 radical (unpaired) electrons. The lowest BCUT2D eigenvalue weighted by molar-refractivity contribution is 0.0860. The molecule has 0 saturated carbocycles. The van der Waals surface area contributed by atoms with Crippen LogP contribution in [-0.4, -0.2) is 36.6 Å². The molecule has 0 atom stereocenters. The van der Waals surface area contributed by atoms with Crippen LogP contribution >= 0.6 is 0 Å². The maximum atomic E-state index is 5.33. The van der Waals surface area contributed by atoms with Crippen LogP contribution in [0.2, 0.25) is 0 Å². The van der Waals surface area contributed by atoms with Gasteiger partial charge in [0.05, 0.1) is 17.7 Å². The zero-order chi connectivity index (χ0) is 16.0. The lowest BCUT2D eigenvalue weighted by Crippen LogP contribution is -2.14. The number of benzene rings is 1. The van der Waals surface area contributed by atoms with Crippen LogP contribution in [0.1, 0.15) is 44.4 Å². The van der Waals surface area contributed by atoms with Crippen molar-refractivity contribution in [3.8, 4) is 0 Å². The first-order chi connectivity index (χ1) is 9.85. The van der Waals surface area contributed by atoms with Crippen molar-refractivity contribution in [2.75, 3.05) is 13.6 Å². The van der Waals surface area contributed by atoms with E-state index in [1.165, 1.54) is 0 Å². The molecule has 116 valence electrons. The molecule has 0 heterocycles. The third-order valence-electron chi connectivity index (χ3n) is 3.23. The summed E-state index contributed by atoms with van der Waals surface area (Å²) in [5, 5.41) is 4.18. The van der Waals surface area contributed by atoms with E-state index in [1.807, 2.05) is 39.1 Å². The number of hydrogen-bond acceptors (Lipinski definition) is 3. The molecule has 0 amide bonds. The first-order valence-corrected chi connectivity index (χ1v) is 7.41. The van der Waals surface area contributed by atoms with E-state index >= 15 is 0 Å². The van der Waals surface area contributed by atoms with Crippen molar-refractivity contribution in [3.63, 3.8) is 0 Å². The van der Waals surface area contributed by atoms with Crippen LogP contribution in [0.4, 0.5) is 5.69 Å². The summed E-state index contributed by atoms with van der Waals surface area (Å²) in [7, 11) is 2.01. The molecule has 0 spiro atoms. The van der Waals surface area contributed by atoms with Gasteiger partial charge < -0.3 is 9.74 Å². The maximum Gasteiger partial charge on any atom is 0.122 e. The molecule has 4 nitrogen and oxygen atoms in total. The van der Waals surface area contributed by atoms with Gasteiger partial charge in [0, 0.05) is 19.2 Å². The van der Waals surface area contributed by atoms with E-state index in [0.717, 1.165) is 34.6 Å². The minimum atomic E-state index is 0.0924. The summed E-state index contributed by atoms with van der Waals surface area (Å²) >= 11 is 0. The van der Waals surface area contributed by atoms with Gasteiger partial charge in [-0.3, -0.25) is 0 Å². The fourth-order valence-electron chi connectivity index (χ4n) is 1.81. The van der Waals surface area contributed by atoms with Crippen molar-refractivity contribution in [3.05, 3.63) is 28.8 Å². The fourth-order valence-corrected chi connectivity index (χ4v) is 1.81. The molecule has 4 heteroatoms. The molecule has 0 aromatic heterocycles. The SMILES string of the molecule is CCN(C)C=Nc1cc(C)c(C(C)=NOC(C)C)cc1C. The van der Waals surface area contributed by atoms with Gasteiger partial charge in [-0.05, 0) is 64.8 Å². The Morgan fingerprint density at radius 3 is 2.52 bits per heavy atom. The van der Waals surface area contributed by atoms with Gasteiger partial charge in [0.2, 0.25) is 0 Å². The zero-order valence-electron chi connectivity index (χ0n) is 14.3. The molecule has 21 heavy (non-hydrogen) atoms. The minimum absolute atomic E-state index is 0.0924. The fraction of sp³-hybridized carbons (Fsp3) is 0.529. The number of aliphatic imine (C=N–C) groups is 1. The molecule has 0 aliphatic heterocycles. The highest BCUT2D eigenvalue weighted by atomic mass is 16.6. The van der Waals surface area contributed by atoms with Crippen LogP contribution in [0.3, 0.4) is 0 Å². The summed E-state index contributed by atoms with van der Waals surface area (Å²) < 4.78 is 0. The second-order valence-electron chi connectivity index (χ2n) is 5.60. The quantitative estimate of drug-likeness (QED) is 0.450. The molecule has 0 saturated heterocycles. The number of nitrogens with zero attached hydrogens (tertiary/aromatic N) is 3. The van der Waals surface area contributed by atoms with E-state index in [4.69, 9.17) is 4.84 Å². The molecule has 0 unspecified atom stereocenters. The lowest BCUT2D eigenvalue weighted by Gasteiger charge is -2.12. The van der Waals surface area contributed by atoms with Crippen molar-refractivity contribution in [1.29, 1.82) is 0 Å². The standard InChI is InChI=1S/C17H27N3O/c1-8-20(7)11-18-17-10-13(4)16(9-14(17)5)15(6)19-21-12(2)3/h9-12H,8H2,1-7H3. The van der Waals surface area contributed by atoms with Gasteiger partial charge in [-0.1, -0.05) is 5.16 Å². The molecular weight excluding hydrogens is 262 g/mol. The van der Waals surface area contributed by atoms with Gasteiger partial charge in [-0.2, -0.15) is 0 Å². The van der Waals surface area contributed by atoms with Crippen molar-refractivity contribution < 1.29 is 4.84 Å². The van der Waals surface area contributed by atoms with Crippen LogP contribution in [0, 0.1) is 13.8 Å². The van der Waals surface area contributed by atoms with Gasteiger partial charge in [0.15, 0.2) is 0 Å². The van der Waals surface area contributed by atoms with E-state index < -0.39 is 0 Å². The molecule has 0 fully saturated rings. The number of oxime groups is 1. The first kappa shape index (κ1) is 17.2. The summed E-state index contributed by atoms with van der Waals surface area (Å²) in [6, 6.07) is 4.22. The van der Waals surface area contributed by atoms with Crippen LogP contribution in [0.25, 0.3) is 0 Å². The van der Waals surface area contributed by atoms with Crippen LogP contribution < -0.4 is 0 Å². The van der Waals surface area contributed by atoms with Crippen molar-refractivity contribution in [1.82, 2.24) is 4.90 Å². The molecule has 0 N–H and O–H groups in total. The van der Waals surface area contributed by atoms with Crippen molar-refractivity contribution in [2.24, 2.45) is 10.1 Å². The summed E-state index contributed by atoms with van der Waals surface area (Å²) in [5.41, 5.74) is 5.28. The number of aryl methyl sites for hydroxylation is 2. The topological polar surface area (TPSA) is 37.2 Å². The number of hydrogen-bond donors (Lipinski definition) is 0. The van der Waals surface area contributed by atoms with Crippen molar-refractivity contribution in [2.45, 2.75) is 47.6 Å². The Hall–Kier alpha value is -1.84. The molecule has 0 bridgehead atoms. The summed E-state index contributed by atoms with van der Waals surface area (Å²) in [5.74, 6) is 0. The normalized spacial score (nSPS) is 12.3. The third kappa shape index (κ3) is 5.21. The highest BCUT2D eigenvalue weighted by molar-refractivity contribution is 6.00. The Kier molecular flexibility index (Phi) is 6.40. The van der Waals surface area contributed by atoms with Crippen LogP contribution in [-0.2, 0) is 4.84 Å². The Bertz CT molecular complexity index is 533. The lowest BCUT2D eigenvalue weighted by atomic mass is 10.0. The molecular formula is C17H27N3O. The van der Waals surface area contributed by atoms with Crippen LogP contribution in [0.5, 0.6) is 0 Å². The highest BCUT2D eigenvalue weighted by Gasteiger charge is 2.07. The smallest absolute Gasteiger partial charge is 0.122 e. The molecule has 0 aliphatic rings. The second kappa shape index (κ2) is 7.81. The summed E-state index contributed by atoms with van der Waals surface area (Å²) in [6.07, 6.45) is 1.96. The zero-order valence-corrected chi connectivity index (χ0v) is 14.3. The van der Waals surface area contributed by atoms with Gasteiger partial charge in [-0.15, -0.1) is 0 Å². The summed E-state index contributed by atoms with van der Waals surface area (Å²) in [4.78, 5) is 11.9. The Morgan fingerprint density at radius 2 is 1.95 bits per heavy atom. The van der Waals surface area contributed by atoms with Gasteiger partial charge in [0.1, 0.15) is 6.10 Å². The monoisotopic (exact) mass is 289 g/mol. The van der Waals surface area contributed by atoms with E-state index in [2.05, 4.69) is 43.1 Å². The van der Waals surface area contributed by atoms with E-state index in [-0.39, 0.29) is 6.10 Å². The molecule has 1 rings (SSSR count). The molecule has 1 aromatic rings. The predicted molar refractivity (Wildman–Crippen MR) is 90.8 cm³/mol. The first-order valence-electron chi connectivity index (χ1n) is 7.41.